The Morgan fingerprint density at radius 1 is 1.57 bits per heavy atom. The molecule has 0 aliphatic carbocycles. The van der Waals surface area contributed by atoms with Crippen molar-refractivity contribution >= 4 is 18.7 Å². The van der Waals surface area contributed by atoms with E-state index in [9.17, 15) is 4.79 Å². The van der Waals surface area contributed by atoms with Gasteiger partial charge < -0.3 is 14.7 Å². The lowest BCUT2D eigenvalue weighted by Gasteiger charge is -2.15. The van der Waals surface area contributed by atoms with E-state index in [-0.39, 0.29) is 19.7 Å². The highest BCUT2D eigenvalue weighted by Crippen LogP contribution is 2.15. The quantitative estimate of drug-likeness (QED) is 0.386. The minimum atomic E-state index is -0.616. The van der Waals surface area contributed by atoms with Crippen LogP contribution in [0, 0.1) is 0 Å². The highest BCUT2D eigenvalue weighted by molar-refractivity contribution is 7.79. The molecule has 21 heavy (non-hydrogen) atoms. The average Bonchev–Trinajstić information content (AvgIpc) is 2.99. The van der Waals surface area contributed by atoms with Gasteiger partial charge in [0.15, 0.2) is 0 Å². The van der Waals surface area contributed by atoms with Crippen molar-refractivity contribution in [2.75, 3.05) is 19.3 Å². The SMILES string of the molecule is CS.[3H]O[C@@H]1CN(C(=O)OCc2ccccc2)C[C@H]1N=[N+]=[N-]. The van der Waals surface area contributed by atoms with Gasteiger partial charge in [-0.2, -0.15) is 12.6 Å². The molecule has 1 aliphatic rings. The van der Waals surface area contributed by atoms with E-state index in [1.54, 1.807) is 6.26 Å². The minimum absolute atomic E-state index is 0.175. The molecule has 2 atom stereocenters. The maximum Gasteiger partial charge on any atom is 0.410 e. The molecule has 0 unspecified atom stereocenters. The number of carbonyl (C=O) groups is 1. The maximum absolute atomic E-state index is 11.9. The molecule has 1 N–H and O–H groups in total. The molecule has 1 saturated heterocycles. The first kappa shape index (κ1) is 15.5. The summed E-state index contributed by atoms with van der Waals surface area (Å²) in [6.07, 6.45) is 0.571. The van der Waals surface area contributed by atoms with Gasteiger partial charge in [-0.1, -0.05) is 35.4 Å². The van der Waals surface area contributed by atoms with Crippen LogP contribution in [0.4, 0.5) is 4.79 Å². The third-order valence-electron chi connectivity index (χ3n) is 2.90. The van der Waals surface area contributed by atoms with Crippen LogP contribution in [0.2, 0.25) is 0 Å². The van der Waals surface area contributed by atoms with E-state index in [2.05, 4.69) is 27.8 Å². The molecule has 0 spiro atoms. The Balaban J connectivity index is 0.00000116. The second kappa shape index (κ2) is 9.12. The molecule has 1 aliphatic heterocycles. The summed E-state index contributed by atoms with van der Waals surface area (Å²) < 4.78 is 12.1. The Kier molecular flexibility index (Phi) is 6.73. The van der Waals surface area contributed by atoms with Crippen molar-refractivity contribution in [3.63, 3.8) is 0 Å². The number of amides is 1. The first-order valence-electron chi connectivity index (χ1n) is 6.72. The number of thiol groups is 1. The Hall–Kier alpha value is -1.89. The van der Waals surface area contributed by atoms with E-state index in [0.29, 0.717) is 0 Å². The monoisotopic (exact) mass is 312 g/mol. The number of benzene rings is 1. The van der Waals surface area contributed by atoms with E-state index in [1.165, 1.54) is 4.90 Å². The molecular weight excluding hydrogens is 292 g/mol. The molecule has 114 valence electrons. The molecule has 1 heterocycles. The fourth-order valence-corrected chi connectivity index (χ4v) is 1.89. The molecule has 0 aromatic heterocycles. The molecular formula is C13H18N4O3S. The lowest BCUT2D eigenvalue weighted by molar-refractivity contribution is 0.0971. The van der Waals surface area contributed by atoms with Crippen LogP contribution in [0.15, 0.2) is 35.4 Å². The maximum atomic E-state index is 11.9. The molecule has 0 radical (unpaired) electrons. The average molecular weight is 312 g/mol. The van der Waals surface area contributed by atoms with Crippen LogP contribution in [0.1, 0.15) is 5.56 Å². The molecule has 1 aromatic carbocycles. The minimum Gasteiger partial charge on any atom is -0.445 e. The smallest absolute Gasteiger partial charge is 0.410 e. The summed E-state index contributed by atoms with van der Waals surface area (Å²) in [7, 11) is 0. The molecule has 7 nitrogen and oxygen atoms in total. The van der Waals surface area contributed by atoms with E-state index in [1.807, 2.05) is 30.3 Å². The van der Waals surface area contributed by atoms with Gasteiger partial charge in [-0.05, 0) is 17.4 Å². The molecule has 0 saturated carbocycles. The van der Waals surface area contributed by atoms with Gasteiger partial charge in [-0.15, -0.1) is 0 Å². The van der Waals surface area contributed by atoms with Crippen LogP contribution in [0.25, 0.3) is 10.4 Å². The van der Waals surface area contributed by atoms with E-state index in [4.69, 9.17) is 11.7 Å². The molecule has 1 fully saturated rings. The number of hydrogen-bond acceptors (Lipinski definition) is 5. The first-order valence-corrected chi connectivity index (χ1v) is 7.20. The fourth-order valence-electron chi connectivity index (χ4n) is 1.89. The second-order valence-corrected chi connectivity index (χ2v) is 4.26. The lowest BCUT2D eigenvalue weighted by atomic mass is 10.2. The Labute approximate surface area is 130 Å². The van der Waals surface area contributed by atoms with Crippen LogP contribution in [0.3, 0.4) is 0 Å². The topological polar surface area (TPSA) is 98.5 Å². The highest BCUT2D eigenvalue weighted by Gasteiger charge is 2.34. The van der Waals surface area contributed by atoms with E-state index < -0.39 is 18.2 Å². The zero-order valence-electron chi connectivity index (χ0n) is 12.6. The van der Waals surface area contributed by atoms with Gasteiger partial charge in [0, 0.05) is 11.5 Å². The van der Waals surface area contributed by atoms with Gasteiger partial charge in [-0.25, -0.2) is 4.79 Å². The lowest BCUT2D eigenvalue weighted by Crippen LogP contribution is -2.30. The van der Waals surface area contributed by atoms with Gasteiger partial charge >= 0.3 is 6.09 Å². The van der Waals surface area contributed by atoms with Crippen LogP contribution in [-0.2, 0) is 11.3 Å². The molecule has 8 heteroatoms. The number of ether oxygens (including phenoxy) is 1. The molecule has 1 amide bonds. The summed E-state index contributed by atoms with van der Waals surface area (Å²) >= 11 is 3.53. The third-order valence-corrected chi connectivity index (χ3v) is 2.90. The van der Waals surface area contributed by atoms with E-state index >= 15 is 0 Å². The Morgan fingerprint density at radius 2 is 2.29 bits per heavy atom. The zero-order valence-corrected chi connectivity index (χ0v) is 12.5. The van der Waals surface area contributed by atoms with Crippen LogP contribution < -0.4 is 0 Å². The van der Waals surface area contributed by atoms with Crippen molar-refractivity contribution in [1.82, 2.24) is 4.90 Å². The summed E-state index contributed by atoms with van der Waals surface area (Å²) in [6, 6.07) is 8.76. The summed E-state index contributed by atoms with van der Waals surface area (Å²) in [5.74, 6) is 0. The number of carbonyl (C=O) groups excluding carboxylic acids is 1. The van der Waals surface area contributed by atoms with Crippen molar-refractivity contribution in [1.29, 1.82) is 1.43 Å². The number of nitrogens with zero attached hydrogens (tertiary/aromatic N) is 4. The van der Waals surface area contributed by atoms with Crippen LogP contribution in [-0.4, -0.2) is 49.0 Å². The largest absolute Gasteiger partial charge is 0.445 e. The summed E-state index contributed by atoms with van der Waals surface area (Å²) in [6.45, 7) is 0.552. The first-order chi connectivity index (χ1) is 10.7. The number of likely N-dealkylation sites (tertiary alicyclic amines) is 1. The van der Waals surface area contributed by atoms with Gasteiger partial charge in [0.2, 0.25) is 1.43 Å². The van der Waals surface area contributed by atoms with Crippen molar-refractivity contribution in [3.8, 4) is 0 Å². The van der Waals surface area contributed by atoms with Crippen molar-refractivity contribution in [2.45, 2.75) is 18.8 Å². The predicted octanol–water partition coefficient (Wildman–Crippen LogP) is 2.22. The van der Waals surface area contributed by atoms with Crippen LogP contribution in [0.5, 0.6) is 0 Å². The van der Waals surface area contributed by atoms with Crippen molar-refractivity contribution in [3.05, 3.63) is 46.3 Å². The number of aliphatic hydroxyl groups excluding tert-OH is 1. The number of rotatable bonds is 4. The molecule has 1 aromatic rings. The van der Waals surface area contributed by atoms with Crippen LogP contribution >= 0.6 is 12.6 Å². The standard InChI is InChI=1S/C12H14N4O3.CH4S/c13-15-14-10-6-16(7-11(10)17)12(18)19-8-9-4-2-1-3-5-9;1-2/h1-5,10-11,17H,6-8H2;2H,1H3/t10-,11-;/m1./s1/i17T;. The summed E-state index contributed by atoms with van der Waals surface area (Å²) in [4.78, 5) is 15.9. The Bertz CT molecular complexity index is 513. The molecule has 2 rings (SSSR count). The highest BCUT2D eigenvalue weighted by atomic mass is 32.1. The van der Waals surface area contributed by atoms with Crippen molar-refractivity contribution in [2.24, 2.45) is 5.11 Å². The number of β-amino-alcohol motifs (C(OH)–C–C–N with tert-alkyl or cyclic N) is 1. The van der Waals surface area contributed by atoms with Gasteiger partial charge in [0.25, 0.3) is 0 Å². The number of azide groups is 1. The van der Waals surface area contributed by atoms with Gasteiger partial charge in [0.05, 0.1) is 18.7 Å². The zero-order chi connectivity index (χ0) is 16.4. The predicted molar refractivity (Wildman–Crippen MR) is 82.1 cm³/mol. The normalized spacial score (nSPS) is 20.7. The third kappa shape index (κ3) is 5.18. The fraction of sp³-hybridized carbons (Fsp3) is 0.462. The van der Waals surface area contributed by atoms with Crippen molar-refractivity contribution < 1.29 is 14.6 Å². The number of hydrogen-bond donors (Lipinski definition) is 2. The Morgan fingerprint density at radius 3 is 2.90 bits per heavy atom. The van der Waals surface area contributed by atoms with Gasteiger partial charge in [0.1, 0.15) is 6.61 Å². The van der Waals surface area contributed by atoms with E-state index in [0.717, 1.165) is 5.56 Å². The van der Waals surface area contributed by atoms with Gasteiger partial charge in [-0.3, -0.25) is 0 Å². The summed E-state index contributed by atoms with van der Waals surface area (Å²) in [5.41, 5.74) is 9.31. The molecule has 0 bridgehead atoms. The second-order valence-electron chi connectivity index (χ2n) is 4.26. The number of aliphatic hydroxyl groups is 1. The summed E-state index contributed by atoms with van der Waals surface area (Å²) in [5, 5.41) is 7.97.